The number of rotatable bonds is 5. The minimum atomic E-state index is -0.804. The van der Waals surface area contributed by atoms with Gasteiger partial charge in [0.05, 0.1) is 15.2 Å². The van der Waals surface area contributed by atoms with Gasteiger partial charge in [0.1, 0.15) is 12.2 Å². The number of barbiturate groups is 1. The van der Waals surface area contributed by atoms with Crippen molar-refractivity contribution in [1.29, 1.82) is 0 Å². The molecule has 1 saturated heterocycles. The van der Waals surface area contributed by atoms with E-state index in [4.69, 9.17) is 27.9 Å². The number of imide groups is 2. The highest BCUT2D eigenvalue weighted by molar-refractivity contribution is 9.10. The summed E-state index contributed by atoms with van der Waals surface area (Å²) in [6.45, 7) is 2.16. The Kier molecular flexibility index (Phi) is 7.07. The number of aryl methyl sites for hydroxylation is 1. The summed E-state index contributed by atoms with van der Waals surface area (Å²) >= 11 is 15.8. The van der Waals surface area contributed by atoms with Crippen LogP contribution < -0.4 is 15.0 Å². The Morgan fingerprint density at radius 3 is 2.32 bits per heavy atom. The van der Waals surface area contributed by atoms with E-state index in [2.05, 4.69) is 21.2 Å². The molecule has 34 heavy (non-hydrogen) atoms. The van der Waals surface area contributed by atoms with Crippen LogP contribution in [0.4, 0.5) is 10.5 Å². The van der Waals surface area contributed by atoms with Crippen LogP contribution in [-0.2, 0) is 16.2 Å². The molecule has 0 saturated carbocycles. The fourth-order valence-electron chi connectivity index (χ4n) is 3.29. The number of hydrogen-bond acceptors (Lipinski definition) is 4. The summed E-state index contributed by atoms with van der Waals surface area (Å²) in [7, 11) is 0. The van der Waals surface area contributed by atoms with Crippen molar-refractivity contribution >= 4 is 68.7 Å². The van der Waals surface area contributed by atoms with Gasteiger partial charge >= 0.3 is 6.03 Å². The third-order valence-corrected chi connectivity index (χ3v) is 6.14. The molecular weight excluding hydrogens is 543 g/mol. The van der Waals surface area contributed by atoms with Crippen LogP contribution in [0.2, 0.25) is 10.0 Å². The van der Waals surface area contributed by atoms with E-state index in [0.717, 1.165) is 16.0 Å². The van der Waals surface area contributed by atoms with Crippen molar-refractivity contribution in [3.05, 3.63) is 97.4 Å². The van der Waals surface area contributed by atoms with Gasteiger partial charge in [-0.1, -0.05) is 53.0 Å². The summed E-state index contributed by atoms with van der Waals surface area (Å²) < 4.78 is 6.38. The lowest BCUT2D eigenvalue weighted by atomic mass is 10.1. The highest BCUT2D eigenvalue weighted by atomic mass is 79.9. The van der Waals surface area contributed by atoms with Crippen molar-refractivity contribution in [3.8, 4) is 5.75 Å². The number of anilines is 1. The van der Waals surface area contributed by atoms with Gasteiger partial charge in [0, 0.05) is 5.02 Å². The smallest absolute Gasteiger partial charge is 0.335 e. The fraction of sp³-hybridized carbons (Fsp3) is 0.0800. The van der Waals surface area contributed by atoms with Gasteiger partial charge in [-0.3, -0.25) is 14.9 Å². The standard InChI is InChI=1S/C25H17BrCl2N2O4/c1-14-2-8-18(9-3-14)30-24(32)19(23(31)29-25(30)33)10-16-11-20(26)22(21(28)12-16)34-13-15-4-6-17(27)7-5-15/h2-12H,13H2,1H3,(H,29,31,33)/b19-10+. The summed E-state index contributed by atoms with van der Waals surface area (Å²) in [5.41, 5.74) is 2.52. The number of nitrogens with zero attached hydrogens (tertiary/aromatic N) is 1. The van der Waals surface area contributed by atoms with Crippen LogP contribution in [0.1, 0.15) is 16.7 Å². The minimum Gasteiger partial charge on any atom is -0.486 e. The van der Waals surface area contributed by atoms with Crippen molar-refractivity contribution in [3.63, 3.8) is 0 Å². The van der Waals surface area contributed by atoms with Crippen molar-refractivity contribution in [2.45, 2.75) is 13.5 Å². The van der Waals surface area contributed by atoms with E-state index in [1.165, 1.54) is 6.08 Å². The van der Waals surface area contributed by atoms with Crippen LogP contribution in [0.15, 0.2) is 70.7 Å². The number of ether oxygens (including phenoxy) is 1. The number of nitrogens with one attached hydrogen (secondary N) is 1. The maximum atomic E-state index is 13.1. The molecule has 172 valence electrons. The van der Waals surface area contributed by atoms with E-state index < -0.39 is 17.8 Å². The van der Waals surface area contributed by atoms with Crippen LogP contribution in [0.5, 0.6) is 5.75 Å². The first-order valence-corrected chi connectivity index (χ1v) is 11.6. The molecule has 4 rings (SSSR count). The zero-order valence-electron chi connectivity index (χ0n) is 17.8. The van der Waals surface area contributed by atoms with Gasteiger partial charge in [0.25, 0.3) is 11.8 Å². The monoisotopic (exact) mass is 558 g/mol. The number of carbonyl (C=O) groups excluding carboxylic acids is 3. The zero-order valence-corrected chi connectivity index (χ0v) is 20.9. The number of amides is 4. The van der Waals surface area contributed by atoms with Crippen molar-refractivity contribution in [2.75, 3.05) is 4.90 Å². The quantitative estimate of drug-likeness (QED) is 0.293. The molecule has 0 unspecified atom stereocenters. The van der Waals surface area contributed by atoms with Gasteiger partial charge in [-0.15, -0.1) is 0 Å². The molecule has 0 aromatic heterocycles. The second kappa shape index (κ2) is 10.0. The second-order valence-corrected chi connectivity index (χ2v) is 9.22. The minimum absolute atomic E-state index is 0.196. The van der Waals surface area contributed by atoms with Gasteiger partial charge in [0.2, 0.25) is 0 Å². The van der Waals surface area contributed by atoms with E-state index in [1.807, 2.05) is 19.1 Å². The second-order valence-electron chi connectivity index (χ2n) is 7.52. The third-order valence-electron chi connectivity index (χ3n) is 5.02. The van der Waals surface area contributed by atoms with E-state index in [0.29, 0.717) is 26.5 Å². The van der Waals surface area contributed by atoms with Crippen LogP contribution in [0.3, 0.4) is 0 Å². The molecule has 4 amide bonds. The largest absolute Gasteiger partial charge is 0.486 e. The molecule has 3 aromatic carbocycles. The Bertz CT molecular complexity index is 1300. The van der Waals surface area contributed by atoms with Crippen LogP contribution >= 0.6 is 39.1 Å². The average molecular weight is 560 g/mol. The first kappa shape index (κ1) is 24.0. The first-order chi connectivity index (χ1) is 16.2. The molecule has 1 N–H and O–H groups in total. The first-order valence-electron chi connectivity index (χ1n) is 10.1. The molecule has 0 spiro atoms. The Labute approximate surface area is 214 Å². The van der Waals surface area contributed by atoms with Crippen LogP contribution in [0, 0.1) is 6.92 Å². The van der Waals surface area contributed by atoms with Crippen molar-refractivity contribution < 1.29 is 19.1 Å². The Morgan fingerprint density at radius 2 is 1.68 bits per heavy atom. The molecule has 1 heterocycles. The third kappa shape index (κ3) is 5.17. The number of hydrogen-bond donors (Lipinski definition) is 1. The maximum absolute atomic E-state index is 13.1. The summed E-state index contributed by atoms with van der Waals surface area (Å²) in [5.74, 6) is -1.10. The number of urea groups is 1. The Morgan fingerprint density at radius 1 is 1.00 bits per heavy atom. The number of halogens is 3. The molecule has 0 aliphatic carbocycles. The molecule has 1 aliphatic rings. The van der Waals surface area contributed by atoms with E-state index >= 15 is 0 Å². The average Bonchev–Trinajstić information content (AvgIpc) is 2.78. The molecule has 0 atom stereocenters. The summed E-state index contributed by atoms with van der Waals surface area (Å²) in [4.78, 5) is 38.8. The van der Waals surface area contributed by atoms with E-state index in [-0.39, 0.29) is 17.2 Å². The predicted octanol–water partition coefficient (Wildman–Crippen LogP) is 6.31. The molecular formula is C25H17BrCl2N2O4. The molecule has 1 fully saturated rings. The maximum Gasteiger partial charge on any atom is 0.335 e. The lowest BCUT2D eigenvalue weighted by molar-refractivity contribution is -0.122. The highest BCUT2D eigenvalue weighted by Crippen LogP contribution is 2.36. The zero-order chi connectivity index (χ0) is 24.4. The van der Waals surface area contributed by atoms with Crippen molar-refractivity contribution in [1.82, 2.24) is 5.32 Å². The summed E-state index contributed by atoms with van der Waals surface area (Å²) in [6.07, 6.45) is 1.38. The Hall–Kier alpha value is -3.13. The van der Waals surface area contributed by atoms with Gasteiger partial charge in [0.15, 0.2) is 5.75 Å². The van der Waals surface area contributed by atoms with Gasteiger partial charge in [-0.2, -0.15) is 0 Å². The van der Waals surface area contributed by atoms with Crippen LogP contribution in [0.25, 0.3) is 6.08 Å². The molecule has 0 radical (unpaired) electrons. The lowest BCUT2D eigenvalue weighted by Gasteiger charge is -2.26. The van der Waals surface area contributed by atoms with Gasteiger partial charge < -0.3 is 4.74 Å². The lowest BCUT2D eigenvalue weighted by Crippen LogP contribution is -2.54. The SMILES string of the molecule is Cc1ccc(N2C(=O)NC(=O)/C(=C\c3cc(Cl)c(OCc4ccc(Cl)cc4)c(Br)c3)C2=O)cc1. The molecule has 0 bridgehead atoms. The predicted molar refractivity (Wildman–Crippen MR) is 135 cm³/mol. The highest BCUT2D eigenvalue weighted by Gasteiger charge is 2.36. The normalized spacial score (nSPS) is 15.0. The van der Waals surface area contributed by atoms with E-state index in [1.54, 1.807) is 48.5 Å². The van der Waals surface area contributed by atoms with Crippen molar-refractivity contribution in [2.24, 2.45) is 0 Å². The molecule has 6 nitrogen and oxygen atoms in total. The van der Waals surface area contributed by atoms with Gasteiger partial charge in [-0.25, -0.2) is 9.69 Å². The van der Waals surface area contributed by atoms with Crippen LogP contribution in [-0.4, -0.2) is 17.8 Å². The summed E-state index contributed by atoms with van der Waals surface area (Å²) in [6, 6.07) is 16.5. The van der Waals surface area contributed by atoms with E-state index in [9.17, 15) is 14.4 Å². The number of carbonyl (C=O) groups is 3. The summed E-state index contributed by atoms with van der Waals surface area (Å²) in [5, 5.41) is 3.12. The van der Waals surface area contributed by atoms with Gasteiger partial charge in [-0.05, 0) is 76.5 Å². The fourth-order valence-corrected chi connectivity index (χ4v) is 4.40. The Balaban J connectivity index is 1.60. The number of benzene rings is 3. The molecule has 1 aliphatic heterocycles. The topological polar surface area (TPSA) is 75.7 Å². The molecule has 9 heteroatoms. The molecule has 3 aromatic rings.